The minimum atomic E-state index is -0.0180. The first kappa shape index (κ1) is 15.1. The van der Waals surface area contributed by atoms with Crippen LogP contribution in [-0.4, -0.2) is 11.1 Å². The molecule has 3 N–H and O–H groups in total. The van der Waals surface area contributed by atoms with Gasteiger partial charge in [-0.2, -0.15) is 10.2 Å². The van der Waals surface area contributed by atoms with Gasteiger partial charge in [0.05, 0.1) is 23.0 Å². The van der Waals surface area contributed by atoms with Crippen LogP contribution in [0.1, 0.15) is 19.4 Å². The van der Waals surface area contributed by atoms with Gasteiger partial charge in [-0.05, 0) is 44.2 Å². The molecule has 2 aromatic rings. The highest BCUT2D eigenvalue weighted by Crippen LogP contribution is 2.27. The van der Waals surface area contributed by atoms with Crippen LogP contribution < -0.4 is 15.8 Å². The van der Waals surface area contributed by atoms with Crippen molar-refractivity contribution in [1.29, 1.82) is 5.26 Å². The number of hydrogen-bond donors (Lipinski definition) is 2. The first-order chi connectivity index (χ1) is 9.99. The summed E-state index contributed by atoms with van der Waals surface area (Å²) in [6.45, 7) is 3.81. The number of nitrogens with one attached hydrogen (secondary N) is 1. The number of halogens is 1. The van der Waals surface area contributed by atoms with E-state index in [1.165, 1.54) is 0 Å². The molecule has 0 saturated heterocycles. The number of ether oxygens (including phenoxy) is 1. The van der Waals surface area contributed by atoms with E-state index >= 15 is 0 Å². The smallest absolute Gasteiger partial charge is 0.239 e. The molecule has 0 fully saturated rings. The van der Waals surface area contributed by atoms with Crippen LogP contribution in [0, 0.1) is 11.3 Å². The summed E-state index contributed by atoms with van der Waals surface area (Å²) in [5.74, 6) is 0.943. The summed E-state index contributed by atoms with van der Waals surface area (Å²) in [5.41, 5.74) is 7.51. The van der Waals surface area contributed by atoms with Gasteiger partial charge >= 0.3 is 0 Å². The van der Waals surface area contributed by atoms with Gasteiger partial charge in [0, 0.05) is 4.47 Å². The molecule has 0 unspecified atom stereocenters. The number of benzene rings is 1. The standard InChI is InChI=1S/C15H15BrN4O/c1-9(2)21-15-12(18)5-6-14(20-15)19-13-7-11(16)4-3-10(13)8-17/h3-7,9H,18H2,1-2H3,(H,19,20). The number of rotatable bonds is 4. The third-order valence-corrected chi connectivity index (χ3v) is 3.10. The Hall–Kier alpha value is -2.26. The molecule has 0 aliphatic carbocycles. The fraction of sp³-hybridized carbons (Fsp3) is 0.200. The molecule has 0 radical (unpaired) electrons. The summed E-state index contributed by atoms with van der Waals surface area (Å²) in [6.07, 6.45) is -0.0180. The van der Waals surface area contributed by atoms with E-state index in [4.69, 9.17) is 15.7 Å². The van der Waals surface area contributed by atoms with E-state index in [0.29, 0.717) is 28.6 Å². The molecule has 0 amide bonds. The average Bonchev–Trinajstić information content (AvgIpc) is 2.42. The molecular formula is C15H15BrN4O. The maximum absolute atomic E-state index is 9.13. The van der Waals surface area contributed by atoms with Gasteiger partial charge in [-0.15, -0.1) is 0 Å². The van der Waals surface area contributed by atoms with Crippen LogP contribution in [0.25, 0.3) is 0 Å². The molecule has 1 heterocycles. The third-order valence-electron chi connectivity index (χ3n) is 2.60. The molecule has 21 heavy (non-hydrogen) atoms. The molecule has 0 atom stereocenters. The van der Waals surface area contributed by atoms with E-state index in [-0.39, 0.29) is 6.10 Å². The lowest BCUT2D eigenvalue weighted by Gasteiger charge is -2.13. The Labute approximate surface area is 131 Å². The Balaban J connectivity index is 2.32. The second-order valence-corrected chi connectivity index (χ2v) is 5.60. The molecule has 0 aliphatic rings. The highest BCUT2D eigenvalue weighted by Gasteiger charge is 2.09. The van der Waals surface area contributed by atoms with Crippen molar-refractivity contribution in [3.05, 3.63) is 40.4 Å². The fourth-order valence-electron chi connectivity index (χ4n) is 1.69. The predicted octanol–water partition coefficient (Wildman–Crippen LogP) is 3.83. The molecule has 0 bridgehead atoms. The summed E-state index contributed by atoms with van der Waals surface area (Å²) >= 11 is 3.38. The lowest BCUT2D eigenvalue weighted by molar-refractivity contribution is 0.234. The Morgan fingerprint density at radius 1 is 1.33 bits per heavy atom. The lowest BCUT2D eigenvalue weighted by Crippen LogP contribution is -2.09. The van der Waals surface area contributed by atoms with Crippen LogP contribution in [0.4, 0.5) is 17.2 Å². The van der Waals surface area contributed by atoms with Crippen LogP contribution in [0.5, 0.6) is 5.88 Å². The number of nitrogens with two attached hydrogens (primary N) is 1. The molecule has 2 rings (SSSR count). The molecule has 108 valence electrons. The second kappa shape index (κ2) is 6.46. The predicted molar refractivity (Wildman–Crippen MR) is 86.6 cm³/mol. The van der Waals surface area contributed by atoms with Crippen molar-refractivity contribution >= 4 is 33.1 Å². The summed E-state index contributed by atoms with van der Waals surface area (Å²) in [4.78, 5) is 4.33. The van der Waals surface area contributed by atoms with Crippen molar-refractivity contribution in [2.75, 3.05) is 11.1 Å². The minimum absolute atomic E-state index is 0.0180. The fourth-order valence-corrected chi connectivity index (χ4v) is 2.05. The molecule has 0 spiro atoms. The van der Waals surface area contributed by atoms with Crippen LogP contribution >= 0.6 is 15.9 Å². The highest BCUT2D eigenvalue weighted by molar-refractivity contribution is 9.10. The molecule has 1 aromatic heterocycles. The van der Waals surface area contributed by atoms with Crippen LogP contribution in [0.3, 0.4) is 0 Å². The quantitative estimate of drug-likeness (QED) is 0.878. The van der Waals surface area contributed by atoms with E-state index in [1.807, 2.05) is 26.0 Å². The molecule has 0 saturated carbocycles. The van der Waals surface area contributed by atoms with E-state index in [9.17, 15) is 0 Å². The SMILES string of the molecule is CC(C)Oc1nc(Nc2cc(Br)ccc2C#N)ccc1N. The Bertz CT molecular complexity index is 695. The number of pyridine rings is 1. The number of nitrogens with zero attached hydrogens (tertiary/aromatic N) is 2. The highest BCUT2D eigenvalue weighted by atomic mass is 79.9. The Morgan fingerprint density at radius 3 is 2.76 bits per heavy atom. The monoisotopic (exact) mass is 346 g/mol. The van der Waals surface area contributed by atoms with Crippen molar-refractivity contribution in [3.63, 3.8) is 0 Å². The van der Waals surface area contributed by atoms with Crippen LogP contribution in [0.15, 0.2) is 34.8 Å². The number of nitriles is 1. The topological polar surface area (TPSA) is 84.0 Å². The Morgan fingerprint density at radius 2 is 2.10 bits per heavy atom. The maximum Gasteiger partial charge on any atom is 0.239 e. The third kappa shape index (κ3) is 3.86. The van der Waals surface area contributed by atoms with Gasteiger partial charge in [0.15, 0.2) is 0 Å². The zero-order valence-electron chi connectivity index (χ0n) is 11.7. The van der Waals surface area contributed by atoms with Gasteiger partial charge in [0.25, 0.3) is 0 Å². The van der Waals surface area contributed by atoms with Gasteiger partial charge in [-0.25, -0.2) is 0 Å². The first-order valence-corrected chi connectivity index (χ1v) is 7.18. The van der Waals surface area contributed by atoms with Crippen molar-refractivity contribution in [2.24, 2.45) is 0 Å². The minimum Gasteiger partial charge on any atom is -0.473 e. The van der Waals surface area contributed by atoms with E-state index in [2.05, 4.69) is 32.3 Å². The first-order valence-electron chi connectivity index (χ1n) is 6.39. The molecule has 5 nitrogen and oxygen atoms in total. The molecule has 1 aromatic carbocycles. The summed E-state index contributed by atoms with van der Waals surface area (Å²) < 4.78 is 6.43. The zero-order chi connectivity index (χ0) is 15.4. The summed E-state index contributed by atoms with van der Waals surface area (Å²) in [6, 6.07) is 11.0. The largest absolute Gasteiger partial charge is 0.473 e. The van der Waals surface area contributed by atoms with Crippen molar-refractivity contribution in [2.45, 2.75) is 20.0 Å². The lowest BCUT2D eigenvalue weighted by atomic mass is 10.2. The second-order valence-electron chi connectivity index (χ2n) is 4.68. The van der Waals surface area contributed by atoms with Crippen molar-refractivity contribution in [3.8, 4) is 11.9 Å². The van der Waals surface area contributed by atoms with E-state index < -0.39 is 0 Å². The average molecular weight is 347 g/mol. The maximum atomic E-state index is 9.13. The van der Waals surface area contributed by atoms with Gasteiger partial charge in [-0.3, -0.25) is 0 Å². The molecule has 6 heteroatoms. The number of anilines is 3. The molecular weight excluding hydrogens is 332 g/mol. The number of nitrogen functional groups attached to an aromatic ring is 1. The van der Waals surface area contributed by atoms with Crippen LogP contribution in [0.2, 0.25) is 0 Å². The molecule has 0 aliphatic heterocycles. The number of hydrogen-bond acceptors (Lipinski definition) is 5. The Kier molecular flexibility index (Phi) is 4.66. The van der Waals surface area contributed by atoms with Crippen molar-refractivity contribution < 1.29 is 4.74 Å². The van der Waals surface area contributed by atoms with Gasteiger partial charge in [0.1, 0.15) is 11.9 Å². The van der Waals surface area contributed by atoms with Gasteiger partial charge < -0.3 is 15.8 Å². The summed E-state index contributed by atoms with van der Waals surface area (Å²) in [7, 11) is 0. The van der Waals surface area contributed by atoms with Crippen LogP contribution in [-0.2, 0) is 0 Å². The van der Waals surface area contributed by atoms with E-state index in [0.717, 1.165) is 4.47 Å². The zero-order valence-corrected chi connectivity index (χ0v) is 13.3. The van der Waals surface area contributed by atoms with Crippen molar-refractivity contribution in [1.82, 2.24) is 4.98 Å². The van der Waals surface area contributed by atoms with Gasteiger partial charge in [0.2, 0.25) is 5.88 Å². The van der Waals surface area contributed by atoms with Gasteiger partial charge in [-0.1, -0.05) is 15.9 Å². The number of aromatic nitrogens is 1. The van der Waals surface area contributed by atoms with E-state index in [1.54, 1.807) is 18.2 Å². The normalized spacial score (nSPS) is 10.2. The summed E-state index contributed by atoms with van der Waals surface area (Å²) in [5, 5.41) is 12.2.